The van der Waals surface area contributed by atoms with Gasteiger partial charge < -0.3 is 9.47 Å². The van der Waals surface area contributed by atoms with E-state index in [0.29, 0.717) is 13.2 Å². The van der Waals surface area contributed by atoms with Crippen molar-refractivity contribution in [3.05, 3.63) is 0 Å². The lowest BCUT2D eigenvalue weighted by atomic mass is 10.2. The molecule has 0 saturated carbocycles. The second-order valence-electron chi connectivity index (χ2n) is 2.97. The molecule has 0 aromatic rings. The molecule has 80 valence electrons. The summed E-state index contributed by atoms with van der Waals surface area (Å²) in [6, 6.07) is 0. The van der Waals surface area contributed by atoms with E-state index in [2.05, 4.69) is 6.92 Å². The van der Waals surface area contributed by atoms with Gasteiger partial charge in [0.25, 0.3) is 0 Å². The van der Waals surface area contributed by atoms with Crippen LogP contribution in [0.25, 0.3) is 0 Å². The van der Waals surface area contributed by atoms with Crippen LogP contribution in [-0.2, 0) is 9.47 Å². The number of rotatable bonds is 10. The summed E-state index contributed by atoms with van der Waals surface area (Å²) in [5, 5.41) is 0. The van der Waals surface area contributed by atoms with E-state index in [1.807, 2.05) is 0 Å². The number of halogens is 1. The lowest BCUT2D eigenvalue weighted by Crippen LogP contribution is -2.06. The van der Waals surface area contributed by atoms with Crippen molar-refractivity contribution >= 4 is 0 Å². The van der Waals surface area contributed by atoms with Gasteiger partial charge in [-0.2, -0.15) is 0 Å². The summed E-state index contributed by atoms with van der Waals surface area (Å²) < 4.78 is 21.7. The maximum absolute atomic E-state index is 11.5. The predicted octanol–water partition coefficient (Wildman–Crippen LogP) is 2.57. The molecule has 0 aromatic heterocycles. The Kier molecular flexibility index (Phi) is 11.7. The minimum absolute atomic E-state index is 0.194. The van der Waals surface area contributed by atoms with Gasteiger partial charge in [-0.25, -0.2) is 4.39 Å². The standard InChI is InChI=1S/C10H21FO2/c1-2-3-4-5-7-12-9-10-13-8-6-11/h2-10H2,1H3. The quantitative estimate of drug-likeness (QED) is 0.495. The number of alkyl halides is 1. The number of unbranched alkanes of at least 4 members (excludes halogenated alkanes) is 3. The van der Waals surface area contributed by atoms with Crippen LogP contribution >= 0.6 is 0 Å². The van der Waals surface area contributed by atoms with Gasteiger partial charge in [0.05, 0.1) is 19.8 Å². The molecule has 13 heavy (non-hydrogen) atoms. The van der Waals surface area contributed by atoms with Crippen molar-refractivity contribution in [2.45, 2.75) is 32.6 Å². The van der Waals surface area contributed by atoms with Crippen molar-refractivity contribution in [2.24, 2.45) is 0 Å². The van der Waals surface area contributed by atoms with Crippen LogP contribution in [0.15, 0.2) is 0 Å². The van der Waals surface area contributed by atoms with Gasteiger partial charge in [0.15, 0.2) is 0 Å². The van der Waals surface area contributed by atoms with E-state index in [4.69, 9.17) is 9.47 Å². The third-order valence-electron chi connectivity index (χ3n) is 1.74. The molecule has 0 radical (unpaired) electrons. The molecule has 0 aromatic carbocycles. The third kappa shape index (κ3) is 11.9. The average molecular weight is 192 g/mol. The van der Waals surface area contributed by atoms with E-state index in [0.717, 1.165) is 13.0 Å². The fourth-order valence-electron chi connectivity index (χ4n) is 1.01. The minimum Gasteiger partial charge on any atom is -0.379 e. The summed E-state index contributed by atoms with van der Waals surface area (Å²) in [5.41, 5.74) is 0. The summed E-state index contributed by atoms with van der Waals surface area (Å²) in [4.78, 5) is 0. The first-order valence-electron chi connectivity index (χ1n) is 5.13. The summed E-state index contributed by atoms with van der Waals surface area (Å²) in [5.74, 6) is 0. The molecule has 2 nitrogen and oxygen atoms in total. The van der Waals surface area contributed by atoms with Crippen molar-refractivity contribution in [3.8, 4) is 0 Å². The maximum Gasteiger partial charge on any atom is 0.113 e. The molecular weight excluding hydrogens is 171 g/mol. The van der Waals surface area contributed by atoms with Crippen LogP contribution < -0.4 is 0 Å². The molecule has 0 rings (SSSR count). The Morgan fingerprint density at radius 1 is 0.846 bits per heavy atom. The van der Waals surface area contributed by atoms with Crippen LogP contribution in [0.5, 0.6) is 0 Å². The zero-order chi connectivity index (χ0) is 9.78. The van der Waals surface area contributed by atoms with Crippen molar-refractivity contribution in [3.63, 3.8) is 0 Å². The summed E-state index contributed by atoms with van der Waals surface area (Å²) in [6.45, 7) is 3.88. The molecule has 0 heterocycles. The normalized spacial score (nSPS) is 10.6. The number of hydrogen-bond acceptors (Lipinski definition) is 2. The second-order valence-corrected chi connectivity index (χ2v) is 2.97. The lowest BCUT2D eigenvalue weighted by Gasteiger charge is -2.03. The van der Waals surface area contributed by atoms with Crippen molar-refractivity contribution < 1.29 is 13.9 Å². The topological polar surface area (TPSA) is 18.5 Å². The first-order valence-corrected chi connectivity index (χ1v) is 5.13. The molecule has 0 atom stereocenters. The first-order chi connectivity index (χ1) is 6.41. The van der Waals surface area contributed by atoms with Gasteiger partial charge in [0.2, 0.25) is 0 Å². The van der Waals surface area contributed by atoms with Crippen LogP contribution in [0.1, 0.15) is 32.6 Å². The number of hydrogen-bond donors (Lipinski definition) is 0. The first kappa shape index (κ1) is 12.8. The molecule has 3 heteroatoms. The predicted molar refractivity (Wildman–Crippen MR) is 51.8 cm³/mol. The molecule has 0 aliphatic rings. The van der Waals surface area contributed by atoms with Crippen LogP contribution in [0.3, 0.4) is 0 Å². The zero-order valence-corrected chi connectivity index (χ0v) is 8.56. The Balaban J connectivity index is 2.76. The molecule has 0 spiro atoms. The second kappa shape index (κ2) is 11.8. The van der Waals surface area contributed by atoms with E-state index in [1.54, 1.807) is 0 Å². The molecule has 0 fully saturated rings. The number of ether oxygens (including phenoxy) is 2. The van der Waals surface area contributed by atoms with Crippen LogP contribution in [0, 0.1) is 0 Å². The molecule has 0 aliphatic heterocycles. The van der Waals surface area contributed by atoms with Gasteiger partial charge in [-0.3, -0.25) is 0 Å². The molecule has 0 aliphatic carbocycles. The summed E-state index contributed by atoms with van der Waals surface area (Å²) in [7, 11) is 0. The van der Waals surface area contributed by atoms with E-state index in [-0.39, 0.29) is 6.61 Å². The highest BCUT2D eigenvalue weighted by Crippen LogP contribution is 1.98. The Labute approximate surface area is 80.4 Å². The van der Waals surface area contributed by atoms with Gasteiger partial charge in [-0.05, 0) is 6.42 Å². The van der Waals surface area contributed by atoms with Gasteiger partial charge in [-0.1, -0.05) is 26.2 Å². The molecule has 0 N–H and O–H groups in total. The van der Waals surface area contributed by atoms with Gasteiger partial charge in [-0.15, -0.1) is 0 Å². The smallest absolute Gasteiger partial charge is 0.113 e. The van der Waals surface area contributed by atoms with E-state index >= 15 is 0 Å². The molecular formula is C10H21FO2. The monoisotopic (exact) mass is 192 g/mol. The van der Waals surface area contributed by atoms with Crippen molar-refractivity contribution in [1.82, 2.24) is 0 Å². The summed E-state index contributed by atoms with van der Waals surface area (Å²) >= 11 is 0. The fourth-order valence-corrected chi connectivity index (χ4v) is 1.01. The van der Waals surface area contributed by atoms with Gasteiger partial charge >= 0.3 is 0 Å². The molecule has 0 saturated heterocycles. The minimum atomic E-state index is -0.406. The van der Waals surface area contributed by atoms with Crippen LogP contribution in [-0.4, -0.2) is 33.1 Å². The van der Waals surface area contributed by atoms with Crippen LogP contribution in [0.4, 0.5) is 4.39 Å². The van der Waals surface area contributed by atoms with E-state index in [9.17, 15) is 4.39 Å². The van der Waals surface area contributed by atoms with Crippen molar-refractivity contribution in [1.29, 1.82) is 0 Å². The molecule has 0 unspecified atom stereocenters. The fraction of sp³-hybridized carbons (Fsp3) is 1.00. The SMILES string of the molecule is CCCCCCOCCOCCF. The zero-order valence-electron chi connectivity index (χ0n) is 8.56. The third-order valence-corrected chi connectivity index (χ3v) is 1.74. The lowest BCUT2D eigenvalue weighted by molar-refractivity contribution is 0.0415. The largest absolute Gasteiger partial charge is 0.379 e. The van der Waals surface area contributed by atoms with E-state index < -0.39 is 6.67 Å². The van der Waals surface area contributed by atoms with Crippen molar-refractivity contribution in [2.75, 3.05) is 33.1 Å². The van der Waals surface area contributed by atoms with Gasteiger partial charge in [0, 0.05) is 6.61 Å². The average Bonchev–Trinajstić information content (AvgIpc) is 2.16. The highest BCUT2D eigenvalue weighted by molar-refractivity contribution is 4.39. The Bertz CT molecular complexity index is 79.0. The Morgan fingerprint density at radius 2 is 1.54 bits per heavy atom. The van der Waals surface area contributed by atoms with Gasteiger partial charge in [0.1, 0.15) is 6.67 Å². The van der Waals surface area contributed by atoms with Crippen LogP contribution in [0.2, 0.25) is 0 Å². The Hall–Kier alpha value is -0.150. The maximum atomic E-state index is 11.5. The Morgan fingerprint density at radius 3 is 2.15 bits per heavy atom. The highest BCUT2D eigenvalue weighted by atomic mass is 19.1. The highest BCUT2D eigenvalue weighted by Gasteiger charge is 1.90. The molecule has 0 amide bonds. The summed E-state index contributed by atoms with van der Waals surface area (Å²) in [6.07, 6.45) is 4.89. The molecule has 0 bridgehead atoms. The van der Waals surface area contributed by atoms with E-state index in [1.165, 1.54) is 19.3 Å².